The maximum atomic E-state index is 13.4. The van der Waals surface area contributed by atoms with E-state index in [2.05, 4.69) is 30.7 Å². The van der Waals surface area contributed by atoms with Gasteiger partial charge < -0.3 is 33.9 Å². The van der Waals surface area contributed by atoms with Crippen molar-refractivity contribution in [3.05, 3.63) is 50.9 Å². The van der Waals surface area contributed by atoms with Crippen LogP contribution in [-0.4, -0.2) is 76.8 Å². The summed E-state index contributed by atoms with van der Waals surface area (Å²) in [5, 5.41) is 19.0. The van der Waals surface area contributed by atoms with Crippen molar-refractivity contribution in [2.75, 3.05) is 18.5 Å². The van der Waals surface area contributed by atoms with E-state index in [4.69, 9.17) is 23.9 Å². The Hall–Kier alpha value is -4.59. The molecule has 0 spiro atoms. The SMILES string of the molecule is CCC1(OC(=O)CCNC(=O)OC(C)(C)C)C(=O)OCC2=C1Cc1nc3n(c1=C2O)Cc1c(cc(NC(=O)OC(C)(C)C)cc1[Si](C)(C)CC)C=3. The number of aliphatic hydroxyl groups excluding tert-OH is 1. The summed E-state index contributed by atoms with van der Waals surface area (Å²) in [6.07, 6.45) is 0.738. The van der Waals surface area contributed by atoms with Crippen molar-refractivity contribution in [2.24, 2.45) is 0 Å². The fraction of sp³-hybridized carbons (Fsp3) is 0.541. The van der Waals surface area contributed by atoms with Gasteiger partial charge >= 0.3 is 24.1 Å². The molecule has 2 aliphatic heterocycles. The molecule has 14 heteroatoms. The third kappa shape index (κ3) is 7.70. The summed E-state index contributed by atoms with van der Waals surface area (Å²) in [5.41, 5.74) is 1.48. The molecule has 13 nitrogen and oxygen atoms in total. The van der Waals surface area contributed by atoms with Gasteiger partial charge in [0, 0.05) is 29.8 Å². The Morgan fingerprint density at radius 1 is 1.06 bits per heavy atom. The molecule has 0 saturated heterocycles. The Morgan fingerprint density at radius 2 is 1.73 bits per heavy atom. The maximum Gasteiger partial charge on any atom is 0.412 e. The van der Waals surface area contributed by atoms with Crippen molar-refractivity contribution < 1.29 is 43.2 Å². The lowest BCUT2D eigenvalue weighted by molar-refractivity contribution is -0.180. The molecule has 3 aliphatic rings. The molecule has 1 aliphatic carbocycles. The Morgan fingerprint density at radius 3 is 2.35 bits per heavy atom. The largest absolute Gasteiger partial charge is 0.505 e. The molecule has 0 saturated carbocycles. The smallest absolute Gasteiger partial charge is 0.412 e. The molecule has 5 rings (SSSR count). The summed E-state index contributed by atoms with van der Waals surface area (Å²) in [6.45, 7) is 19.3. The van der Waals surface area contributed by atoms with Crippen molar-refractivity contribution in [1.82, 2.24) is 14.9 Å². The second-order valence-corrected chi connectivity index (χ2v) is 20.9. The van der Waals surface area contributed by atoms with Gasteiger partial charge in [0.15, 0.2) is 0 Å². The number of benzene rings is 1. The highest BCUT2D eigenvalue weighted by atomic mass is 28.3. The number of aliphatic hydroxyl groups is 1. The number of hydrogen-bond acceptors (Lipinski definition) is 10. The van der Waals surface area contributed by atoms with E-state index in [9.17, 15) is 24.3 Å². The molecule has 0 fully saturated rings. The number of carbonyl (C=O) groups is 4. The Bertz CT molecular complexity index is 1950. The van der Waals surface area contributed by atoms with Crippen molar-refractivity contribution in [3.63, 3.8) is 0 Å². The second-order valence-electron chi connectivity index (χ2n) is 15.8. The summed E-state index contributed by atoms with van der Waals surface area (Å²) >= 11 is 0. The lowest BCUT2D eigenvalue weighted by atomic mass is 9.79. The average molecular weight is 723 g/mol. The van der Waals surface area contributed by atoms with E-state index in [1.807, 2.05) is 43.5 Å². The fourth-order valence-electron chi connectivity index (χ4n) is 6.60. The fourth-order valence-corrected chi connectivity index (χ4v) is 8.57. The standard InChI is InChI=1S/C37H50N4O9Si/c1-11-37(48-29(42)13-14-38-33(45)49-35(3,4)5)25-18-26-30(31(43)24(25)20-47-32(37)44)41-19-23-21(16-28(41)40-26)15-22(17-27(23)51(9,10)12-2)39-34(46)50-36(6,7)8/h15-17,43H,11-14,18-20H2,1-10H3,(H,38,45)(H,39,46). The molecule has 3 N–H and O–H groups in total. The van der Waals surface area contributed by atoms with Crippen LogP contribution in [0.3, 0.4) is 0 Å². The van der Waals surface area contributed by atoms with Crippen LogP contribution in [0.25, 0.3) is 11.8 Å². The number of alkyl carbamates (subject to hydrolysis) is 1. The number of cyclic esters (lactones) is 1. The number of esters is 2. The molecule has 0 bridgehead atoms. The van der Waals surface area contributed by atoms with Crippen molar-refractivity contribution >= 4 is 54.9 Å². The van der Waals surface area contributed by atoms with Crippen LogP contribution in [0.15, 0.2) is 23.3 Å². The molecule has 2 aromatic rings. The minimum absolute atomic E-state index is 0.0606. The van der Waals surface area contributed by atoms with E-state index in [1.165, 1.54) is 5.19 Å². The zero-order valence-electron chi connectivity index (χ0n) is 31.3. The van der Waals surface area contributed by atoms with Crippen molar-refractivity contribution in [1.29, 1.82) is 0 Å². The number of imidazole rings is 1. The van der Waals surface area contributed by atoms with Gasteiger partial charge in [0.05, 0.1) is 26.7 Å². The van der Waals surface area contributed by atoms with E-state index in [1.54, 1.807) is 27.7 Å². The van der Waals surface area contributed by atoms with Crippen LogP contribution in [0.2, 0.25) is 19.1 Å². The lowest BCUT2D eigenvalue weighted by Crippen LogP contribution is -2.52. The second kappa shape index (κ2) is 13.5. The summed E-state index contributed by atoms with van der Waals surface area (Å²) in [5.74, 6) is -1.52. The van der Waals surface area contributed by atoms with Crippen molar-refractivity contribution in [3.8, 4) is 0 Å². The van der Waals surface area contributed by atoms with Gasteiger partial charge in [-0.15, -0.1) is 0 Å². The molecule has 1 unspecified atom stereocenters. The number of carbonyl (C=O) groups excluding carboxylic acids is 4. The Labute approximate surface area is 299 Å². The number of nitrogens with zero attached hydrogens (tertiary/aromatic N) is 2. The molecule has 1 atom stereocenters. The molecule has 3 heterocycles. The topological polar surface area (TPSA) is 167 Å². The first-order valence-electron chi connectivity index (χ1n) is 17.4. The number of aromatic nitrogens is 2. The first-order valence-corrected chi connectivity index (χ1v) is 20.7. The number of amides is 2. The Balaban J connectivity index is 1.50. The van der Waals surface area contributed by atoms with Crippen LogP contribution in [0.5, 0.6) is 0 Å². The highest BCUT2D eigenvalue weighted by Gasteiger charge is 2.52. The highest BCUT2D eigenvalue weighted by molar-refractivity contribution is 6.90. The zero-order chi connectivity index (χ0) is 37.7. The van der Waals surface area contributed by atoms with E-state index in [0.717, 1.165) is 17.2 Å². The van der Waals surface area contributed by atoms with Gasteiger partial charge in [0.25, 0.3) is 0 Å². The third-order valence-electron chi connectivity index (χ3n) is 9.38. The quantitative estimate of drug-likeness (QED) is 0.176. The summed E-state index contributed by atoms with van der Waals surface area (Å²) in [4.78, 5) is 56.2. The van der Waals surface area contributed by atoms with Crippen LogP contribution in [-0.2, 0) is 41.5 Å². The number of nitrogens with one attached hydrogen (secondary N) is 2. The monoisotopic (exact) mass is 722 g/mol. The molecule has 0 radical (unpaired) electrons. The minimum Gasteiger partial charge on any atom is -0.505 e. The van der Waals surface area contributed by atoms with Crippen LogP contribution in [0, 0.1) is 0 Å². The number of rotatable bonds is 8. The third-order valence-corrected chi connectivity index (χ3v) is 13.1. The van der Waals surface area contributed by atoms with Gasteiger partial charge in [-0.2, -0.15) is 0 Å². The number of ether oxygens (including phenoxy) is 4. The van der Waals surface area contributed by atoms with Crippen LogP contribution >= 0.6 is 0 Å². The van der Waals surface area contributed by atoms with Gasteiger partial charge in [0.1, 0.15) is 34.4 Å². The number of fused-ring (bicyclic) bond motifs is 4. The predicted octanol–water partition coefficient (Wildman–Crippen LogP) is 4.04. The summed E-state index contributed by atoms with van der Waals surface area (Å²) < 4.78 is 24.1. The lowest BCUT2D eigenvalue weighted by Gasteiger charge is -2.38. The molecular formula is C37H50N4O9Si. The van der Waals surface area contributed by atoms with Crippen LogP contribution in [0.1, 0.15) is 85.1 Å². The number of anilines is 1. The van der Waals surface area contributed by atoms with Crippen LogP contribution < -0.4 is 26.6 Å². The van der Waals surface area contributed by atoms with Gasteiger partial charge in [-0.1, -0.05) is 38.2 Å². The molecule has 1 aromatic carbocycles. The number of hydrogen-bond donors (Lipinski definition) is 3. The molecule has 276 valence electrons. The molecular weight excluding hydrogens is 673 g/mol. The highest BCUT2D eigenvalue weighted by Crippen LogP contribution is 2.39. The van der Waals surface area contributed by atoms with Crippen LogP contribution in [0.4, 0.5) is 15.3 Å². The molecule has 1 aromatic heterocycles. The summed E-state index contributed by atoms with van der Waals surface area (Å²) in [6, 6.07) is 4.93. The zero-order valence-corrected chi connectivity index (χ0v) is 32.3. The summed E-state index contributed by atoms with van der Waals surface area (Å²) in [7, 11) is -1.98. The normalized spacial score (nSPS) is 18.3. The van der Waals surface area contributed by atoms with E-state index < -0.39 is 49.0 Å². The predicted molar refractivity (Wildman–Crippen MR) is 194 cm³/mol. The first kappa shape index (κ1) is 37.7. The van der Waals surface area contributed by atoms with E-state index in [0.29, 0.717) is 39.9 Å². The van der Waals surface area contributed by atoms with Gasteiger partial charge in [-0.05, 0) is 77.3 Å². The molecule has 2 amide bonds. The van der Waals surface area contributed by atoms with Gasteiger partial charge in [-0.3, -0.25) is 10.1 Å². The van der Waals surface area contributed by atoms with Gasteiger partial charge in [0.2, 0.25) is 5.60 Å². The van der Waals surface area contributed by atoms with E-state index in [-0.39, 0.29) is 38.2 Å². The maximum absolute atomic E-state index is 13.4. The van der Waals surface area contributed by atoms with Gasteiger partial charge in [-0.25, -0.2) is 19.4 Å². The minimum atomic E-state index is -1.98. The van der Waals surface area contributed by atoms with Crippen molar-refractivity contribution in [2.45, 2.75) is 117 Å². The van der Waals surface area contributed by atoms with E-state index >= 15 is 0 Å². The Kier molecular flexibility index (Phi) is 9.98. The molecule has 51 heavy (non-hydrogen) atoms. The first-order chi connectivity index (χ1) is 23.7. The average Bonchev–Trinajstić information content (AvgIpc) is 3.36.